The second-order valence-corrected chi connectivity index (χ2v) is 3.00. The molecule has 0 atom stereocenters. The van der Waals surface area contributed by atoms with E-state index in [0.717, 1.165) is 6.07 Å². The first-order valence-electron chi connectivity index (χ1n) is 2.87. The molecule has 0 radical (unpaired) electrons. The molecule has 1 aromatic rings. The van der Waals surface area contributed by atoms with Crippen LogP contribution in [0.2, 0.25) is 0 Å². The van der Waals surface area contributed by atoms with Gasteiger partial charge >= 0.3 is 0 Å². The second-order valence-electron chi connectivity index (χ2n) is 1.99. The Labute approximate surface area is 77.0 Å². The van der Waals surface area contributed by atoms with Gasteiger partial charge in [-0.25, -0.2) is 13.2 Å². The Morgan fingerprint density at radius 1 is 1.17 bits per heavy atom. The van der Waals surface area contributed by atoms with Gasteiger partial charge in [0.1, 0.15) is 10.1 Å². The van der Waals surface area contributed by atoms with E-state index in [9.17, 15) is 13.2 Å². The van der Waals surface area contributed by atoms with Crippen LogP contribution in [0.1, 0.15) is 5.56 Å². The van der Waals surface area contributed by atoms with Crippen LogP contribution in [0, 0.1) is 17.5 Å². The van der Waals surface area contributed by atoms with E-state index in [4.69, 9.17) is 11.6 Å². The molecule has 1 rings (SSSR count). The van der Waals surface area contributed by atoms with Crippen molar-refractivity contribution in [3.63, 3.8) is 0 Å². The highest BCUT2D eigenvalue weighted by molar-refractivity contribution is 7.83. The van der Waals surface area contributed by atoms with Gasteiger partial charge in [0.15, 0.2) is 11.6 Å². The number of thiocarbonyl (C=S) groups is 1. The van der Waals surface area contributed by atoms with Gasteiger partial charge in [-0.1, -0.05) is 23.8 Å². The first-order chi connectivity index (χ1) is 5.54. The number of halogens is 4. The van der Waals surface area contributed by atoms with Gasteiger partial charge in [-0.05, 0) is 12.1 Å². The molecule has 1 aromatic carbocycles. The zero-order valence-electron chi connectivity index (χ0n) is 5.57. The SMILES string of the molecule is Fc1ccc(F)c(C(=S)Cl)c1F. The van der Waals surface area contributed by atoms with Crippen LogP contribution in [0.15, 0.2) is 12.1 Å². The quantitative estimate of drug-likeness (QED) is 0.390. The van der Waals surface area contributed by atoms with Crippen molar-refractivity contribution >= 4 is 28.1 Å². The molecular formula is C7H2ClF3S. The summed E-state index contributed by atoms with van der Waals surface area (Å²) in [6, 6.07) is 1.44. The molecule has 12 heavy (non-hydrogen) atoms. The van der Waals surface area contributed by atoms with Crippen molar-refractivity contribution in [1.29, 1.82) is 0 Å². The second kappa shape index (κ2) is 3.41. The van der Waals surface area contributed by atoms with Crippen LogP contribution in [0.5, 0.6) is 0 Å². The minimum absolute atomic E-state index is 0.524. The van der Waals surface area contributed by atoms with Crippen molar-refractivity contribution in [2.24, 2.45) is 0 Å². The molecule has 0 amide bonds. The fourth-order valence-electron chi connectivity index (χ4n) is 0.707. The molecule has 0 aliphatic rings. The summed E-state index contributed by atoms with van der Waals surface area (Å²) >= 11 is 9.49. The maximum atomic E-state index is 12.7. The summed E-state index contributed by atoms with van der Waals surface area (Å²) in [4.78, 5) is 0. The Balaban J connectivity index is 3.43. The van der Waals surface area contributed by atoms with Gasteiger partial charge in [-0.3, -0.25) is 0 Å². The third-order valence-corrected chi connectivity index (χ3v) is 1.63. The van der Waals surface area contributed by atoms with Crippen molar-refractivity contribution in [2.45, 2.75) is 0 Å². The Kier molecular flexibility index (Phi) is 2.69. The summed E-state index contributed by atoms with van der Waals surface area (Å²) in [6.07, 6.45) is 0. The Bertz CT molecular complexity index is 338. The van der Waals surface area contributed by atoms with Crippen molar-refractivity contribution in [2.75, 3.05) is 0 Å². The van der Waals surface area contributed by atoms with Crippen LogP contribution in [-0.2, 0) is 0 Å². The summed E-state index contributed by atoms with van der Waals surface area (Å²) < 4.78 is 37.4. The van der Waals surface area contributed by atoms with Crippen LogP contribution in [-0.4, -0.2) is 4.32 Å². The summed E-state index contributed by atoms with van der Waals surface area (Å²) in [5.41, 5.74) is -0.688. The summed E-state index contributed by atoms with van der Waals surface area (Å²) in [5, 5.41) is 0. The summed E-state index contributed by atoms with van der Waals surface area (Å²) in [6.45, 7) is 0. The van der Waals surface area contributed by atoms with E-state index >= 15 is 0 Å². The summed E-state index contributed by atoms with van der Waals surface area (Å²) in [7, 11) is 0. The van der Waals surface area contributed by atoms with Crippen molar-refractivity contribution in [3.8, 4) is 0 Å². The van der Waals surface area contributed by atoms with Gasteiger partial charge in [0.2, 0.25) is 0 Å². The molecule has 0 N–H and O–H groups in total. The van der Waals surface area contributed by atoms with Crippen molar-refractivity contribution in [1.82, 2.24) is 0 Å². The molecule has 0 bridgehead atoms. The van der Waals surface area contributed by atoms with Crippen LogP contribution in [0.25, 0.3) is 0 Å². The van der Waals surface area contributed by atoms with Gasteiger partial charge in [-0.15, -0.1) is 0 Å². The molecule has 0 saturated carbocycles. The van der Waals surface area contributed by atoms with E-state index in [1.807, 2.05) is 0 Å². The van der Waals surface area contributed by atoms with Crippen LogP contribution >= 0.6 is 23.8 Å². The molecule has 0 spiro atoms. The van der Waals surface area contributed by atoms with Crippen LogP contribution in [0.4, 0.5) is 13.2 Å². The standard InChI is InChI=1S/C7H2ClF3S/c8-7(12)5-3(9)1-2-4(10)6(5)11/h1-2H. The molecule has 0 fully saturated rings. The topological polar surface area (TPSA) is 0 Å². The highest BCUT2D eigenvalue weighted by Crippen LogP contribution is 2.18. The lowest BCUT2D eigenvalue weighted by Crippen LogP contribution is -2.00. The summed E-state index contributed by atoms with van der Waals surface area (Å²) in [5.74, 6) is -3.49. The normalized spacial score (nSPS) is 10.0. The van der Waals surface area contributed by atoms with E-state index in [1.165, 1.54) is 0 Å². The predicted molar refractivity (Wildman–Crippen MR) is 43.9 cm³/mol. The first-order valence-corrected chi connectivity index (χ1v) is 3.66. The number of hydrogen-bond donors (Lipinski definition) is 0. The van der Waals surface area contributed by atoms with E-state index in [2.05, 4.69) is 12.2 Å². The maximum Gasteiger partial charge on any atom is 0.171 e. The third-order valence-electron chi connectivity index (χ3n) is 1.24. The fraction of sp³-hybridized carbons (Fsp3) is 0. The lowest BCUT2D eigenvalue weighted by atomic mass is 10.2. The molecule has 5 heteroatoms. The molecule has 0 saturated heterocycles. The first kappa shape index (κ1) is 9.48. The number of benzene rings is 1. The van der Waals surface area contributed by atoms with Crippen LogP contribution in [0.3, 0.4) is 0 Å². The molecule has 0 aliphatic heterocycles. The number of rotatable bonds is 1. The molecule has 0 aliphatic carbocycles. The van der Waals surface area contributed by atoms with Gasteiger partial charge in [0.05, 0.1) is 5.56 Å². The highest BCUT2D eigenvalue weighted by atomic mass is 35.5. The van der Waals surface area contributed by atoms with Crippen molar-refractivity contribution in [3.05, 3.63) is 35.1 Å². The minimum atomic E-state index is -1.35. The maximum absolute atomic E-state index is 12.7. The number of hydrogen-bond acceptors (Lipinski definition) is 1. The zero-order valence-corrected chi connectivity index (χ0v) is 7.15. The Morgan fingerprint density at radius 3 is 2.08 bits per heavy atom. The smallest absolute Gasteiger partial charge is 0.171 e. The largest absolute Gasteiger partial charge is 0.206 e. The third kappa shape index (κ3) is 1.59. The zero-order chi connectivity index (χ0) is 9.30. The predicted octanol–water partition coefficient (Wildman–Crippen LogP) is 3.02. The minimum Gasteiger partial charge on any atom is -0.206 e. The van der Waals surface area contributed by atoms with Gasteiger partial charge < -0.3 is 0 Å². The van der Waals surface area contributed by atoms with Gasteiger partial charge in [-0.2, -0.15) is 0 Å². The van der Waals surface area contributed by atoms with E-state index in [1.54, 1.807) is 0 Å². The van der Waals surface area contributed by atoms with E-state index in [-0.39, 0.29) is 0 Å². The highest BCUT2D eigenvalue weighted by Gasteiger charge is 2.15. The van der Waals surface area contributed by atoms with Crippen LogP contribution < -0.4 is 0 Å². The van der Waals surface area contributed by atoms with E-state index in [0.29, 0.717) is 6.07 Å². The lowest BCUT2D eigenvalue weighted by Gasteiger charge is -2.00. The van der Waals surface area contributed by atoms with Gasteiger partial charge in [0.25, 0.3) is 0 Å². The molecule has 0 unspecified atom stereocenters. The van der Waals surface area contributed by atoms with Gasteiger partial charge in [0, 0.05) is 0 Å². The molecule has 0 aromatic heterocycles. The Hall–Kier alpha value is -0.610. The lowest BCUT2D eigenvalue weighted by molar-refractivity contribution is 0.493. The Morgan fingerprint density at radius 2 is 1.67 bits per heavy atom. The fourth-order valence-corrected chi connectivity index (χ4v) is 1.07. The average molecular weight is 211 g/mol. The molecular weight excluding hydrogens is 209 g/mol. The molecule has 0 heterocycles. The molecule has 64 valence electrons. The molecule has 0 nitrogen and oxygen atoms in total. The van der Waals surface area contributed by atoms with E-state index < -0.39 is 27.3 Å². The van der Waals surface area contributed by atoms with Crippen molar-refractivity contribution < 1.29 is 13.2 Å². The average Bonchev–Trinajstić information content (AvgIpc) is 1.97. The monoisotopic (exact) mass is 210 g/mol.